The molecule has 0 aliphatic rings. The second kappa shape index (κ2) is 3.77. The molecule has 0 radical (unpaired) electrons. The maximum atomic E-state index is 10.3. The average Bonchev–Trinajstić information content (AvgIpc) is 2.06. The lowest BCUT2D eigenvalue weighted by Crippen LogP contribution is -2.03. The van der Waals surface area contributed by atoms with Gasteiger partial charge in [0.15, 0.2) is 5.69 Å². The van der Waals surface area contributed by atoms with Crippen LogP contribution in [0.2, 0.25) is 0 Å². The zero-order chi connectivity index (χ0) is 8.97. The van der Waals surface area contributed by atoms with Crippen LogP contribution in [0.15, 0.2) is 12.1 Å². The van der Waals surface area contributed by atoms with Gasteiger partial charge in [0.1, 0.15) is 0 Å². The van der Waals surface area contributed by atoms with Gasteiger partial charge in [-0.1, -0.05) is 0 Å². The summed E-state index contributed by atoms with van der Waals surface area (Å²) in [4.78, 5) is 10.3. The number of rotatable bonds is 3. The predicted octanol–water partition coefficient (Wildman–Crippen LogP) is 0.321. The summed E-state index contributed by atoms with van der Waals surface area (Å²) in [6.07, 6.45) is 0. The number of methoxy groups -OCH3 is 1. The van der Waals surface area contributed by atoms with Crippen LogP contribution in [0.25, 0.3) is 0 Å². The van der Waals surface area contributed by atoms with E-state index in [-0.39, 0.29) is 5.69 Å². The first-order valence-corrected chi connectivity index (χ1v) is 3.29. The van der Waals surface area contributed by atoms with Crippen molar-refractivity contribution in [2.24, 2.45) is 0 Å². The van der Waals surface area contributed by atoms with E-state index in [0.717, 1.165) is 0 Å². The number of ether oxygens (including phenoxy) is 1. The minimum atomic E-state index is -1.08. The first-order valence-electron chi connectivity index (χ1n) is 3.29. The average molecular weight is 168 g/mol. The summed E-state index contributed by atoms with van der Waals surface area (Å²) in [6, 6.07) is 2.96. The lowest BCUT2D eigenvalue weighted by atomic mass is 10.3. The molecule has 0 bridgehead atoms. The Morgan fingerprint density at radius 3 is 2.75 bits per heavy atom. The lowest BCUT2D eigenvalue weighted by molar-refractivity contribution is 0.0688. The summed E-state index contributed by atoms with van der Waals surface area (Å²) in [5, 5.41) is 15.6. The van der Waals surface area contributed by atoms with Crippen molar-refractivity contribution in [1.29, 1.82) is 0 Å². The second-order valence-corrected chi connectivity index (χ2v) is 2.15. The number of carboxylic acid groups (broad SMARTS) is 1. The van der Waals surface area contributed by atoms with E-state index in [0.29, 0.717) is 12.3 Å². The molecular weight excluding hydrogens is 160 g/mol. The normalized spacial score (nSPS) is 9.75. The van der Waals surface area contributed by atoms with Crippen LogP contribution >= 0.6 is 0 Å². The molecule has 0 saturated heterocycles. The van der Waals surface area contributed by atoms with Crippen LogP contribution in [-0.2, 0) is 11.3 Å². The Morgan fingerprint density at radius 1 is 1.58 bits per heavy atom. The standard InChI is InChI=1S/C7H8N2O3/c1-12-4-5-2-3-6(7(10)11)9-8-5/h2-3H,4H2,1H3,(H,10,11). The summed E-state index contributed by atoms with van der Waals surface area (Å²) in [6.45, 7) is 0.340. The molecule has 0 fully saturated rings. The van der Waals surface area contributed by atoms with Crippen molar-refractivity contribution in [3.63, 3.8) is 0 Å². The number of carboxylic acids is 1. The quantitative estimate of drug-likeness (QED) is 0.703. The van der Waals surface area contributed by atoms with Gasteiger partial charge in [-0.3, -0.25) is 0 Å². The third-order valence-corrected chi connectivity index (χ3v) is 1.23. The molecule has 1 N–H and O–H groups in total. The molecule has 1 heterocycles. The Balaban J connectivity index is 2.78. The largest absolute Gasteiger partial charge is 0.476 e. The van der Waals surface area contributed by atoms with Gasteiger partial charge in [0, 0.05) is 7.11 Å². The van der Waals surface area contributed by atoms with Crippen LogP contribution in [0.4, 0.5) is 0 Å². The van der Waals surface area contributed by atoms with Gasteiger partial charge in [-0.2, -0.15) is 5.10 Å². The Labute approximate surface area is 69.0 Å². The fourth-order valence-electron chi connectivity index (χ4n) is 0.699. The van der Waals surface area contributed by atoms with E-state index in [9.17, 15) is 4.79 Å². The van der Waals surface area contributed by atoms with Gasteiger partial charge in [-0.05, 0) is 12.1 Å². The van der Waals surface area contributed by atoms with Crippen LogP contribution in [0.1, 0.15) is 16.2 Å². The minimum absolute atomic E-state index is 0.0603. The number of hydrogen-bond acceptors (Lipinski definition) is 4. The van der Waals surface area contributed by atoms with E-state index in [1.807, 2.05) is 0 Å². The van der Waals surface area contributed by atoms with Crippen molar-refractivity contribution >= 4 is 5.97 Å². The molecule has 0 aliphatic carbocycles. The van der Waals surface area contributed by atoms with Gasteiger partial charge in [-0.15, -0.1) is 5.10 Å². The van der Waals surface area contributed by atoms with E-state index >= 15 is 0 Å². The zero-order valence-corrected chi connectivity index (χ0v) is 6.52. The minimum Gasteiger partial charge on any atom is -0.476 e. The van der Waals surface area contributed by atoms with Crippen LogP contribution in [0.5, 0.6) is 0 Å². The highest BCUT2D eigenvalue weighted by atomic mass is 16.5. The molecule has 0 aliphatic heterocycles. The van der Waals surface area contributed by atoms with E-state index in [4.69, 9.17) is 9.84 Å². The molecule has 0 amide bonds. The van der Waals surface area contributed by atoms with E-state index < -0.39 is 5.97 Å². The molecular formula is C7H8N2O3. The van der Waals surface area contributed by atoms with Gasteiger partial charge >= 0.3 is 5.97 Å². The molecule has 12 heavy (non-hydrogen) atoms. The highest BCUT2D eigenvalue weighted by Gasteiger charge is 2.03. The van der Waals surface area contributed by atoms with Crippen LogP contribution < -0.4 is 0 Å². The number of nitrogens with zero attached hydrogens (tertiary/aromatic N) is 2. The Hall–Kier alpha value is -1.49. The van der Waals surface area contributed by atoms with Gasteiger partial charge in [-0.25, -0.2) is 4.79 Å². The molecule has 0 atom stereocenters. The maximum absolute atomic E-state index is 10.3. The number of aromatic nitrogens is 2. The van der Waals surface area contributed by atoms with Crippen LogP contribution in [0.3, 0.4) is 0 Å². The SMILES string of the molecule is COCc1ccc(C(=O)O)nn1. The van der Waals surface area contributed by atoms with Crippen LogP contribution in [0, 0.1) is 0 Å². The predicted molar refractivity (Wildman–Crippen MR) is 39.7 cm³/mol. The molecule has 0 aromatic carbocycles. The van der Waals surface area contributed by atoms with Crippen molar-refractivity contribution < 1.29 is 14.6 Å². The number of aromatic carboxylic acids is 1. The van der Waals surface area contributed by atoms with Crippen molar-refractivity contribution in [1.82, 2.24) is 10.2 Å². The summed E-state index contributed by atoms with van der Waals surface area (Å²) < 4.78 is 4.78. The van der Waals surface area contributed by atoms with Crippen LogP contribution in [-0.4, -0.2) is 28.4 Å². The monoisotopic (exact) mass is 168 g/mol. The van der Waals surface area contributed by atoms with E-state index in [1.165, 1.54) is 13.2 Å². The molecule has 0 unspecified atom stereocenters. The maximum Gasteiger partial charge on any atom is 0.356 e. The molecule has 0 spiro atoms. The van der Waals surface area contributed by atoms with Crippen molar-refractivity contribution in [2.75, 3.05) is 7.11 Å². The summed E-state index contributed by atoms with van der Waals surface area (Å²) in [5.41, 5.74) is 0.553. The zero-order valence-electron chi connectivity index (χ0n) is 6.52. The van der Waals surface area contributed by atoms with Crippen molar-refractivity contribution in [2.45, 2.75) is 6.61 Å². The molecule has 0 saturated carbocycles. The molecule has 1 aromatic rings. The Kier molecular flexibility index (Phi) is 2.71. The second-order valence-electron chi connectivity index (χ2n) is 2.15. The lowest BCUT2D eigenvalue weighted by Gasteiger charge is -1.96. The highest BCUT2D eigenvalue weighted by molar-refractivity contribution is 5.84. The topological polar surface area (TPSA) is 72.3 Å². The molecule has 1 aromatic heterocycles. The fourth-order valence-corrected chi connectivity index (χ4v) is 0.699. The summed E-state index contributed by atoms with van der Waals surface area (Å²) in [5.74, 6) is -1.08. The van der Waals surface area contributed by atoms with Gasteiger partial charge in [0.05, 0.1) is 12.3 Å². The number of carbonyl (C=O) groups is 1. The Morgan fingerprint density at radius 2 is 2.33 bits per heavy atom. The fraction of sp³-hybridized carbons (Fsp3) is 0.286. The van der Waals surface area contributed by atoms with Gasteiger partial charge < -0.3 is 9.84 Å². The van der Waals surface area contributed by atoms with E-state index in [2.05, 4.69) is 10.2 Å². The Bertz CT molecular complexity index is 270. The van der Waals surface area contributed by atoms with Gasteiger partial charge in [0.25, 0.3) is 0 Å². The summed E-state index contributed by atoms with van der Waals surface area (Å²) in [7, 11) is 1.53. The molecule has 64 valence electrons. The third-order valence-electron chi connectivity index (χ3n) is 1.23. The first-order chi connectivity index (χ1) is 5.74. The van der Waals surface area contributed by atoms with Crippen molar-refractivity contribution in [3.8, 4) is 0 Å². The molecule has 1 rings (SSSR count). The molecule has 5 heteroatoms. The van der Waals surface area contributed by atoms with Crippen molar-refractivity contribution in [3.05, 3.63) is 23.5 Å². The number of hydrogen-bond donors (Lipinski definition) is 1. The first kappa shape index (κ1) is 8.61. The third kappa shape index (κ3) is 2.00. The summed E-state index contributed by atoms with van der Waals surface area (Å²) >= 11 is 0. The van der Waals surface area contributed by atoms with Gasteiger partial charge in [0.2, 0.25) is 0 Å². The highest BCUT2D eigenvalue weighted by Crippen LogP contribution is 1.97. The smallest absolute Gasteiger partial charge is 0.356 e. The molecule has 5 nitrogen and oxygen atoms in total. The van der Waals surface area contributed by atoms with E-state index in [1.54, 1.807) is 6.07 Å².